The molecule has 1 aliphatic heterocycles. The van der Waals surface area contributed by atoms with Crippen LogP contribution >= 0.6 is 0 Å². The van der Waals surface area contributed by atoms with Gasteiger partial charge in [0.1, 0.15) is 0 Å². The summed E-state index contributed by atoms with van der Waals surface area (Å²) in [6, 6.07) is 11.5. The Bertz CT molecular complexity index is 937. The second-order valence-electron chi connectivity index (χ2n) is 12.8. The zero-order chi connectivity index (χ0) is 24.0. The first-order valence-corrected chi connectivity index (χ1v) is 14.8. The molecule has 6 rings (SSSR count). The highest BCUT2D eigenvalue weighted by Gasteiger charge is 2.66. The first kappa shape index (κ1) is 23.6. The van der Waals surface area contributed by atoms with Crippen LogP contribution in [-0.4, -0.2) is 17.6 Å². The van der Waals surface area contributed by atoms with Crippen molar-refractivity contribution >= 4 is 5.70 Å². The predicted molar refractivity (Wildman–Crippen MR) is 146 cm³/mol. The molecule has 35 heavy (non-hydrogen) atoms. The van der Waals surface area contributed by atoms with Gasteiger partial charge in [-0.2, -0.15) is 0 Å². The van der Waals surface area contributed by atoms with Crippen molar-refractivity contribution in [3.05, 3.63) is 54.2 Å². The monoisotopic (exact) mass is 473 g/mol. The third kappa shape index (κ3) is 4.16. The molecule has 0 amide bonds. The Morgan fingerprint density at radius 3 is 2.71 bits per heavy atom. The lowest BCUT2D eigenvalue weighted by Crippen LogP contribution is -2.79. The smallest absolute Gasteiger partial charge is 0.0547 e. The summed E-state index contributed by atoms with van der Waals surface area (Å²) in [4.78, 5) is 0. The minimum atomic E-state index is 0.244. The van der Waals surface area contributed by atoms with Crippen LogP contribution in [0.3, 0.4) is 0 Å². The van der Waals surface area contributed by atoms with Gasteiger partial charge in [-0.05, 0) is 66.8 Å². The van der Waals surface area contributed by atoms with E-state index in [-0.39, 0.29) is 5.54 Å². The van der Waals surface area contributed by atoms with Crippen molar-refractivity contribution in [1.82, 2.24) is 10.6 Å². The second-order valence-corrected chi connectivity index (χ2v) is 12.8. The maximum Gasteiger partial charge on any atom is 0.0547 e. The van der Waals surface area contributed by atoms with Crippen molar-refractivity contribution in [3.63, 3.8) is 0 Å². The molecule has 10 unspecified atom stereocenters. The van der Waals surface area contributed by atoms with Crippen LogP contribution in [0.25, 0.3) is 5.70 Å². The number of fused-ring (bicyclic) bond motifs is 2. The average molecular weight is 474 g/mol. The van der Waals surface area contributed by atoms with Gasteiger partial charge in [0.2, 0.25) is 0 Å². The Kier molecular flexibility index (Phi) is 6.50. The van der Waals surface area contributed by atoms with Crippen LogP contribution in [0.15, 0.2) is 48.7 Å². The Hall–Kier alpha value is -1.74. The molecule has 4 aliphatic carbocycles. The third-order valence-corrected chi connectivity index (χ3v) is 11.1. The summed E-state index contributed by atoms with van der Waals surface area (Å²) in [5.41, 5.74) is 8.71. The molecule has 1 heterocycles. The largest absolute Gasteiger partial charge is 0.397 e. The van der Waals surface area contributed by atoms with Crippen LogP contribution in [0.1, 0.15) is 83.6 Å². The van der Waals surface area contributed by atoms with Gasteiger partial charge in [-0.1, -0.05) is 94.9 Å². The molecule has 5 aliphatic rings. The van der Waals surface area contributed by atoms with Crippen LogP contribution in [0.2, 0.25) is 0 Å². The van der Waals surface area contributed by atoms with Gasteiger partial charge in [0.25, 0.3) is 0 Å². The molecule has 10 atom stereocenters. The van der Waals surface area contributed by atoms with E-state index >= 15 is 0 Å². The molecule has 4 N–H and O–H groups in total. The van der Waals surface area contributed by atoms with Gasteiger partial charge < -0.3 is 16.4 Å². The number of nitrogens with one attached hydrogen (secondary N) is 2. The summed E-state index contributed by atoms with van der Waals surface area (Å²) >= 11 is 0. The fourth-order valence-electron chi connectivity index (χ4n) is 9.19. The van der Waals surface area contributed by atoms with Crippen molar-refractivity contribution in [2.45, 2.75) is 95.7 Å². The van der Waals surface area contributed by atoms with Crippen LogP contribution in [0.5, 0.6) is 0 Å². The number of allylic oxidation sites excluding steroid dienone is 1. The van der Waals surface area contributed by atoms with Crippen molar-refractivity contribution < 1.29 is 0 Å². The molecule has 0 radical (unpaired) electrons. The minimum Gasteiger partial charge on any atom is -0.397 e. The van der Waals surface area contributed by atoms with Crippen LogP contribution < -0.4 is 16.4 Å². The summed E-state index contributed by atoms with van der Waals surface area (Å²) < 4.78 is 0. The van der Waals surface area contributed by atoms with Crippen LogP contribution in [-0.2, 0) is 0 Å². The molecule has 3 heteroatoms. The van der Waals surface area contributed by atoms with Gasteiger partial charge in [-0.25, -0.2) is 0 Å². The van der Waals surface area contributed by atoms with Gasteiger partial charge in [-0.15, -0.1) is 0 Å². The van der Waals surface area contributed by atoms with Gasteiger partial charge in [0.15, 0.2) is 0 Å². The summed E-state index contributed by atoms with van der Waals surface area (Å²) in [5, 5.41) is 8.11. The van der Waals surface area contributed by atoms with E-state index in [0.29, 0.717) is 12.1 Å². The van der Waals surface area contributed by atoms with E-state index in [4.69, 9.17) is 5.73 Å². The highest BCUT2D eigenvalue weighted by molar-refractivity contribution is 5.62. The molecule has 3 saturated carbocycles. The van der Waals surface area contributed by atoms with Gasteiger partial charge in [-0.3, -0.25) is 0 Å². The standard InChI is InChI=1S/C32H47N3/c1-3-22-11-8-7-10-21(2)24(18-22)19-32-17-16-26-25-14-9-15-27(25)30(31(35-32)29(26)32)34-20-28(33)23-12-5-4-6-13-23/h4-6,12-13,16-17,20-22,24-27,29-31,34-35H,3,7-11,14-15,18-19,33H2,1-2H3/b28-20-. The summed E-state index contributed by atoms with van der Waals surface area (Å²) in [5.74, 6) is 5.81. The minimum absolute atomic E-state index is 0.244. The van der Waals surface area contributed by atoms with Crippen LogP contribution in [0.4, 0.5) is 0 Å². The first-order chi connectivity index (χ1) is 17.1. The highest BCUT2D eigenvalue weighted by atomic mass is 15.2. The molecule has 1 saturated heterocycles. The van der Waals surface area contributed by atoms with Crippen molar-refractivity contribution in [1.29, 1.82) is 0 Å². The Labute approximate surface area is 213 Å². The van der Waals surface area contributed by atoms with E-state index in [0.717, 1.165) is 52.7 Å². The molecule has 1 aromatic carbocycles. The molecule has 0 aromatic heterocycles. The predicted octanol–water partition coefficient (Wildman–Crippen LogP) is 6.48. The number of hydrogen-bond acceptors (Lipinski definition) is 3. The highest BCUT2D eigenvalue weighted by Crippen LogP contribution is 2.60. The quantitative estimate of drug-likeness (QED) is 0.415. The molecule has 3 nitrogen and oxygen atoms in total. The van der Waals surface area contributed by atoms with Gasteiger partial charge in [0, 0.05) is 29.7 Å². The maximum atomic E-state index is 6.50. The molecule has 190 valence electrons. The fourth-order valence-corrected chi connectivity index (χ4v) is 9.19. The lowest BCUT2D eigenvalue weighted by molar-refractivity contribution is -0.0591. The summed E-state index contributed by atoms with van der Waals surface area (Å²) in [6.45, 7) is 4.97. The number of nitrogens with two attached hydrogens (primary N) is 1. The second kappa shape index (κ2) is 9.61. The molecule has 4 fully saturated rings. The van der Waals surface area contributed by atoms with Crippen molar-refractivity contribution in [2.75, 3.05) is 0 Å². The molecular weight excluding hydrogens is 426 g/mol. The third-order valence-electron chi connectivity index (χ3n) is 11.1. The van der Waals surface area contributed by atoms with E-state index in [2.05, 4.69) is 73.2 Å². The first-order valence-electron chi connectivity index (χ1n) is 14.8. The number of hydrogen-bond donors (Lipinski definition) is 3. The SMILES string of the molecule is CCC1CCCCC(C)C(CC23C=CC4C5CCCC5C(N/C=C(\N)c5ccccc5)C(N2)C43)C1. The van der Waals surface area contributed by atoms with Crippen LogP contribution in [0, 0.1) is 41.4 Å². The average Bonchev–Trinajstić information content (AvgIpc) is 3.46. The zero-order valence-electron chi connectivity index (χ0n) is 22.0. The van der Waals surface area contributed by atoms with E-state index in [9.17, 15) is 0 Å². The van der Waals surface area contributed by atoms with E-state index in [1.807, 2.05) is 0 Å². The molecular formula is C32H47N3. The summed E-state index contributed by atoms with van der Waals surface area (Å²) in [6.07, 6.45) is 21.5. The van der Waals surface area contributed by atoms with Crippen molar-refractivity contribution in [2.24, 2.45) is 47.2 Å². The van der Waals surface area contributed by atoms with E-state index < -0.39 is 0 Å². The Morgan fingerprint density at radius 1 is 1.09 bits per heavy atom. The van der Waals surface area contributed by atoms with E-state index in [1.165, 1.54) is 64.2 Å². The normalized spacial score (nSPS) is 44.6. The topological polar surface area (TPSA) is 50.1 Å². The zero-order valence-corrected chi connectivity index (χ0v) is 22.0. The summed E-state index contributed by atoms with van der Waals surface area (Å²) in [7, 11) is 0. The lowest BCUT2D eigenvalue weighted by Gasteiger charge is -2.63. The number of benzene rings is 1. The fraction of sp³-hybridized carbons (Fsp3) is 0.688. The lowest BCUT2D eigenvalue weighted by atomic mass is 9.53. The van der Waals surface area contributed by atoms with Gasteiger partial charge >= 0.3 is 0 Å². The Morgan fingerprint density at radius 2 is 1.89 bits per heavy atom. The maximum absolute atomic E-state index is 6.50. The van der Waals surface area contributed by atoms with Gasteiger partial charge in [0.05, 0.1) is 5.70 Å². The molecule has 1 aromatic rings. The number of rotatable bonds is 6. The van der Waals surface area contributed by atoms with E-state index in [1.54, 1.807) is 0 Å². The van der Waals surface area contributed by atoms with Crippen molar-refractivity contribution in [3.8, 4) is 0 Å². The molecule has 0 spiro atoms. The Balaban J connectivity index is 1.21. The molecule has 0 bridgehead atoms.